The zero-order valence-electron chi connectivity index (χ0n) is 11.2. The number of rotatable bonds is 3. The van der Waals surface area contributed by atoms with Crippen molar-refractivity contribution >= 4 is 27.5 Å². The minimum Gasteiger partial charge on any atom is -0.409 e. The number of nitrogens with zero attached hydrogens (tertiary/aromatic N) is 2. The van der Waals surface area contributed by atoms with Crippen LogP contribution in [0, 0.1) is 5.41 Å². The lowest BCUT2D eigenvalue weighted by atomic mass is 9.95. The van der Waals surface area contributed by atoms with Gasteiger partial charge in [-0.15, -0.1) is 0 Å². The normalized spacial score (nSPS) is 12.6. The molecule has 4 nitrogen and oxygen atoms in total. The van der Waals surface area contributed by atoms with Gasteiger partial charge >= 0.3 is 0 Å². The Labute approximate surface area is 117 Å². The summed E-state index contributed by atoms with van der Waals surface area (Å²) >= 11 is 3.44. The van der Waals surface area contributed by atoms with E-state index < -0.39 is 0 Å². The second-order valence-corrected chi connectivity index (χ2v) is 6.39. The van der Waals surface area contributed by atoms with Crippen molar-refractivity contribution in [2.24, 2.45) is 16.3 Å². The van der Waals surface area contributed by atoms with Crippen molar-refractivity contribution in [1.29, 1.82) is 0 Å². The highest BCUT2D eigenvalue weighted by molar-refractivity contribution is 9.10. The summed E-state index contributed by atoms with van der Waals surface area (Å²) in [5.74, 6) is 0.109. The van der Waals surface area contributed by atoms with Crippen LogP contribution >= 0.6 is 15.9 Å². The van der Waals surface area contributed by atoms with E-state index in [1.54, 1.807) is 0 Å². The van der Waals surface area contributed by atoms with Gasteiger partial charge in [-0.05, 0) is 33.5 Å². The van der Waals surface area contributed by atoms with Gasteiger partial charge in [0, 0.05) is 23.8 Å². The first-order valence-electron chi connectivity index (χ1n) is 5.74. The van der Waals surface area contributed by atoms with Crippen LogP contribution in [0.4, 0.5) is 5.69 Å². The van der Waals surface area contributed by atoms with E-state index in [4.69, 9.17) is 10.9 Å². The third-order valence-corrected chi connectivity index (χ3v) is 3.14. The number of anilines is 1. The lowest BCUT2D eigenvalue weighted by molar-refractivity contribution is 0.318. The van der Waals surface area contributed by atoms with E-state index in [9.17, 15) is 0 Å². The van der Waals surface area contributed by atoms with Gasteiger partial charge in [0.2, 0.25) is 0 Å². The van der Waals surface area contributed by atoms with Crippen molar-refractivity contribution in [3.05, 3.63) is 28.2 Å². The van der Waals surface area contributed by atoms with Crippen LogP contribution in [0.25, 0.3) is 0 Å². The molecule has 5 heteroatoms. The molecule has 0 aliphatic carbocycles. The molecular weight excluding hydrogens is 294 g/mol. The van der Waals surface area contributed by atoms with Crippen molar-refractivity contribution < 1.29 is 5.21 Å². The van der Waals surface area contributed by atoms with E-state index in [0.29, 0.717) is 5.56 Å². The maximum Gasteiger partial charge on any atom is 0.173 e. The smallest absolute Gasteiger partial charge is 0.173 e. The Bertz CT molecular complexity index is 452. The summed E-state index contributed by atoms with van der Waals surface area (Å²) in [6, 6.07) is 5.78. The molecule has 0 radical (unpaired) electrons. The van der Waals surface area contributed by atoms with Crippen molar-refractivity contribution in [3.8, 4) is 0 Å². The Morgan fingerprint density at radius 2 is 2.06 bits per heavy atom. The second-order valence-electron chi connectivity index (χ2n) is 5.54. The molecule has 0 fully saturated rings. The Morgan fingerprint density at radius 1 is 1.44 bits per heavy atom. The number of amidine groups is 1. The summed E-state index contributed by atoms with van der Waals surface area (Å²) in [5, 5.41) is 12.0. The second kappa shape index (κ2) is 5.61. The molecule has 0 bridgehead atoms. The van der Waals surface area contributed by atoms with E-state index in [1.165, 1.54) is 0 Å². The van der Waals surface area contributed by atoms with Crippen molar-refractivity contribution in [1.82, 2.24) is 0 Å². The van der Waals surface area contributed by atoms with Crippen molar-refractivity contribution in [2.45, 2.75) is 20.8 Å². The number of hydrogen-bond donors (Lipinski definition) is 2. The van der Waals surface area contributed by atoms with E-state index in [-0.39, 0.29) is 11.3 Å². The Morgan fingerprint density at radius 3 is 2.56 bits per heavy atom. The van der Waals surface area contributed by atoms with Gasteiger partial charge in [0.25, 0.3) is 0 Å². The van der Waals surface area contributed by atoms with Crippen LogP contribution in [0.3, 0.4) is 0 Å². The molecule has 0 atom stereocenters. The Balaban J connectivity index is 3.20. The third kappa shape index (κ3) is 3.63. The van der Waals surface area contributed by atoms with Crippen LogP contribution in [-0.4, -0.2) is 24.6 Å². The van der Waals surface area contributed by atoms with Crippen LogP contribution in [-0.2, 0) is 0 Å². The van der Waals surface area contributed by atoms with Gasteiger partial charge in [0.15, 0.2) is 5.84 Å². The van der Waals surface area contributed by atoms with Crippen LogP contribution in [0.15, 0.2) is 27.8 Å². The van der Waals surface area contributed by atoms with E-state index in [0.717, 1.165) is 16.7 Å². The molecule has 0 unspecified atom stereocenters. The summed E-state index contributed by atoms with van der Waals surface area (Å²) in [6.07, 6.45) is 0. The highest BCUT2D eigenvalue weighted by Crippen LogP contribution is 2.29. The largest absolute Gasteiger partial charge is 0.409 e. The highest BCUT2D eigenvalue weighted by atomic mass is 79.9. The maximum absolute atomic E-state index is 8.88. The predicted molar refractivity (Wildman–Crippen MR) is 79.4 cm³/mol. The van der Waals surface area contributed by atoms with Crippen molar-refractivity contribution in [3.63, 3.8) is 0 Å². The monoisotopic (exact) mass is 313 g/mol. The van der Waals surface area contributed by atoms with E-state index in [2.05, 4.69) is 46.8 Å². The number of oxime groups is 1. The standard InChI is InChI=1S/C13H20BrN3O/c1-13(2,3)8-17(4)10-7-5-6-9(14)11(10)12(15)16-18/h5-7,18H,8H2,1-4H3,(H2,15,16). The molecule has 3 N–H and O–H groups in total. The van der Waals surface area contributed by atoms with E-state index >= 15 is 0 Å². The SMILES string of the molecule is CN(CC(C)(C)C)c1cccc(Br)c1/C(N)=N/O. The molecular formula is C13H20BrN3O. The zero-order chi connectivity index (χ0) is 13.9. The van der Waals surface area contributed by atoms with Gasteiger partial charge < -0.3 is 15.8 Å². The summed E-state index contributed by atoms with van der Waals surface area (Å²) in [4.78, 5) is 2.11. The average molecular weight is 314 g/mol. The predicted octanol–water partition coefficient (Wildman–Crippen LogP) is 3.03. The van der Waals surface area contributed by atoms with E-state index in [1.807, 2.05) is 25.2 Å². The topological polar surface area (TPSA) is 61.8 Å². The fraction of sp³-hybridized carbons (Fsp3) is 0.462. The molecule has 18 heavy (non-hydrogen) atoms. The Hall–Kier alpha value is -1.23. The van der Waals surface area contributed by atoms with Gasteiger partial charge in [0.05, 0.1) is 5.56 Å². The molecule has 0 spiro atoms. The first-order valence-corrected chi connectivity index (χ1v) is 6.53. The molecule has 0 aliphatic heterocycles. The molecule has 0 saturated heterocycles. The maximum atomic E-state index is 8.88. The first-order chi connectivity index (χ1) is 8.26. The summed E-state index contributed by atoms with van der Waals surface area (Å²) < 4.78 is 0.816. The number of hydrogen-bond acceptors (Lipinski definition) is 3. The van der Waals surface area contributed by atoms with Crippen LogP contribution in [0.1, 0.15) is 26.3 Å². The van der Waals surface area contributed by atoms with Gasteiger partial charge in [-0.2, -0.15) is 0 Å². The fourth-order valence-electron chi connectivity index (χ4n) is 1.93. The molecule has 0 aliphatic rings. The molecule has 0 saturated carbocycles. The molecule has 0 aromatic heterocycles. The van der Waals surface area contributed by atoms with Gasteiger partial charge in [-0.25, -0.2) is 0 Å². The molecule has 0 heterocycles. The molecule has 100 valence electrons. The molecule has 1 rings (SSSR count). The minimum absolute atomic E-state index is 0.109. The summed E-state index contributed by atoms with van der Waals surface area (Å²) in [7, 11) is 2.00. The number of nitrogens with two attached hydrogens (primary N) is 1. The quantitative estimate of drug-likeness (QED) is 0.390. The number of benzene rings is 1. The lowest BCUT2D eigenvalue weighted by Gasteiger charge is -2.30. The lowest BCUT2D eigenvalue weighted by Crippen LogP contribution is -2.31. The van der Waals surface area contributed by atoms with Gasteiger partial charge in [-0.3, -0.25) is 0 Å². The zero-order valence-corrected chi connectivity index (χ0v) is 12.8. The van der Waals surface area contributed by atoms with Crippen LogP contribution < -0.4 is 10.6 Å². The number of halogens is 1. The minimum atomic E-state index is 0.109. The molecule has 1 aromatic carbocycles. The van der Waals surface area contributed by atoms with Gasteiger partial charge in [-0.1, -0.05) is 32.0 Å². The third-order valence-electron chi connectivity index (χ3n) is 2.48. The van der Waals surface area contributed by atoms with Gasteiger partial charge in [0.1, 0.15) is 0 Å². The fourth-order valence-corrected chi connectivity index (χ4v) is 2.49. The summed E-state index contributed by atoms with van der Waals surface area (Å²) in [5.41, 5.74) is 7.56. The highest BCUT2D eigenvalue weighted by Gasteiger charge is 2.19. The average Bonchev–Trinajstić information content (AvgIpc) is 2.25. The summed E-state index contributed by atoms with van der Waals surface area (Å²) in [6.45, 7) is 7.38. The van der Waals surface area contributed by atoms with Crippen LogP contribution in [0.5, 0.6) is 0 Å². The molecule has 1 aromatic rings. The van der Waals surface area contributed by atoms with Crippen molar-refractivity contribution in [2.75, 3.05) is 18.5 Å². The Kier molecular flexibility index (Phi) is 4.62. The molecule has 0 amide bonds. The van der Waals surface area contributed by atoms with Crippen LogP contribution in [0.2, 0.25) is 0 Å². The first kappa shape index (κ1) is 14.8.